The number of aliphatic hydroxyl groups is 1. The number of alkyl halides is 2. The van der Waals surface area contributed by atoms with E-state index in [2.05, 4.69) is 5.32 Å². The molecule has 62 heavy (non-hydrogen) atoms. The lowest BCUT2D eigenvalue weighted by atomic mass is 9.40. The minimum atomic E-state index is -1.76. The van der Waals surface area contributed by atoms with Gasteiger partial charge in [0.15, 0.2) is 18.0 Å². The summed E-state index contributed by atoms with van der Waals surface area (Å²) in [4.78, 5) is 70.2. The Kier molecular flexibility index (Phi) is 13.7. The molecule has 2 aromatic carbocycles. The van der Waals surface area contributed by atoms with E-state index in [1.807, 2.05) is 44.2 Å². The van der Waals surface area contributed by atoms with Crippen molar-refractivity contribution < 1.29 is 57.5 Å². The summed E-state index contributed by atoms with van der Waals surface area (Å²) < 4.78 is 36.5. The lowest BCUT2D eigenvalue weighted by Crippen LogP contribution is -2.75. The van der Waals surface area contributed by atoms with Crippen molar-refractivity contribution in [3.63, 3.8) is 0 Å². The van der Waals surface area contributed by atoms with Crippen LogP contribution in [0, 0.1) is 28.1 Å². The molecule has 1 aliphatic heterocycles. The highest BCUT2D eigenvalue weighted by Gasteiger charge is 2.74. The van der Waals surface area contributed by atoms with Gasteiger partial charge >= 0.3 is 24.0 Å². The number of esters is 3. The van der Waals surface area contributed by atoms with Crippen LogP contribution in [0.1, 0.15) is 92.3 Å². The maximum Gasteiger partial charge on any atom is 0.408 e. The first-order valence-electron chi connectivity index (χ1n) is 21.0. The van der Waals surface area contributed by atoms with E-state index in [1.54, 1.807) is 78.8 Å². The van der Waals surface area contributed by atoms with Crippen LogP contribution in [0.3, 0.4) is 0 Å². The van der Waals surface area contributed by atoms with Crippen molar-refractivity contribution in [3.8, 4) is 0 Å². The predicted molar refractivity (Wildman–Crippen MR) is 229 cm³/mol. The number of benzene rings is 2. The van der Waals surface area contributed by atoms with E-state index in [1.165, 1.54) is 0 Å². The number of hydrogen-bond donors (Lipinski definition) is 2. The number of halogens is 2. The third kappa shape index (κ3) is 8.64. The summed E-state index contributed by atoms with van der Waals surface area (Å²) in [5.41, 5.74) is -4.28. The monoisotopic (exact) mass is 899 g/mol. The largest absolute Gasteiger partial charge is 0.460 e. The molecule has 1 heterocycles. The fraction of sp³-hybridized carbons (Fsp3) is 0.596. The van der Waals surface area contributed by atoms with Gasteiger partial charge in [0.1, 0.15) is 29.6 Å². The van der Waals surface area contributed by atoms with E-state index in [0.717, 1.165) is 5.56 Å². The number of carbonyl (C=O) groups is 5. The Hall–Kier alpha value is -4.01. The van der Waals surface area contributed by atoms with Crippen molar-refractivity contribution in [2.24, 2.45) is 28.1 Å². The van der Waals surface area contributed by atoms with Crippen LogP contribution in [0.25, 0.3) is 0 Å². The Morgan fingerprint density at radius 3 is 2.08 bits per heavy atom. The Labute approximate surface area is 373 Å². The number of alkyl carbamates (subject to hydrolysis) is 1. The zero-order chi connectivity index (χ0) is 45.6. The van der Waals surface area contributed by atoms with Crippen LogP contribution >= 0.6 is 23.2 Å². The van der Waals surface area contributed by atoms with E-state index < -0.39 is 117 Å². The quantitative estimate of drug-likeness (QED) is 0.0953. The molecule has 1 saturated heterocycles. The molecule has 15 heteroatoms. The molecule has 0 aromatic heterocycles. The SMILES string of the molecule is CC1=C2[C@@H](OC(=O)CCl)C(=O)[C@@]3(C)C(C(C)[C@](O)(C[C@@H]1OC(=O)[C@H](OCc1ccccc1)[C@@H](NC(=O)OC(C)(C)C)c1ccccc1)C2(C)C)[C@]1(C)CO[C@@H]1C[C@@H]3OC(=O)CCl. The average molecular weight is 901 g/mol. The van der Waals surface area contributed by atoms with Crippen molar-refractivity contribution >= 4 is 53.0 Å². The Balaban J connectivity index is 1.49. The van der Waals surface area contributed by atoms with Gasteiger partial charge in [0, 0.05) is 23.7 Å². The summed E-state index contributed by atoms with van der Waals surface area (Å²) in [6.45, 7) is 16.2. The first kappa shape index (κ1) is 47.5. The lowest BCUT2D eigenvalue weighted by Gasteiger charge is -2.68. The third-order valence-electron chi connectivity index (χ3n) is 13.9. The lowest BCUT2D eigenvalue weighted by molar-refractivity contribution is -0.303. The Morgan fingerprint density at radius 1 is 0.919 bits per heavy atom. The molecule has 11 atom stereocenters. The molecule has 1 amide bonds. The molecule has 0 radical (unpaired) electrons. The number of carbonyl (C=O) groups excluding carboxylic acids is 5. The van der Waals surface area contributed by atoms with Crippen molar-refractivity contribution in [3.05, 3.63) is 82.9 Å². The maximum absolute atomic E-state index is 15.6. The van der Waals surface area contributed by atoms with Gasteiger partial charge in [-0.05, 0) is 68.7 Å². The minimum absolute atomic E-state index is 0.0405. The summed E-state index contributed by atoms with van der Waals surface area (Å²) in [6.07, 6.45) is -6.56. The number of amides is 1. The smallest absolute Gasteiger partial charge is 0.408 e. The number of ketones is 1. The zero-order valence-electron chi connectivity index (χ0n) is 36.8. The maximum atomic E-state index is 15.6. The van der Waals surface area contributed by atoms with Crippen LogP contribution in [-0.4, -0.2) is 95.0 Å². The highest BCUT2D eigenvalue weighted by atomic mass is 35.5. The molecule has 3 aliphatic carbocycles. The average Bonchev–Trinajstić information content (AvgIpc) is 3.21. The first-order chi connectivity index (χ1) is 29.0. The molecule has 13 nitrogen and oxygen atoms in total. The minimum Gasteiger partial charge on any atom is -0.460 e. The van der Waals surface area contributed by atoms with Crippen LogP contribution in [0.5, 0.6) is 0 Å². The topological polar surface area (TPSA) is 173 Å². The molecular weight excluding hydrogens is 841 g/mol. The van der Waals surface area contributed by atoms with Crippen LogP contribution < -0.4 is 5.32 Å². The van der Waals surface area contributed by atoms with Crippen molar-refractivity contribution in [1.82, 2.24) is 5.32 Å². The molecule has 6 rings (SSSR count). The second-order valence-electron chi connectivity index (χ2n) is 19.1. The van der Waals surface area contributed by atoms with Gasteiger partial charge in [0.25, 0.3) is 0 Å². The van der Waals surface area contributed by atoms with Gasteiger partial charge in [-0.25, -0.2) is 9.59 Å². The van der Waals surface area contributed by atoms with Crippen molar-refractivity contribution in [2.45, 2.75) is 130 Å². The van der Waals surface area contributed by atoms with Gasteiger partial charge in [-0.3, -0.25) is 14.4 Å². The van der Waals surface area contributed by atoms with Crippen LogP contribution in [0.4, 0.5) is 4.79 Å². The standard InChI is InChI=1S/C47H59Cl2NO12/c1-26-30(59-41(54)38(57-24-28-16-12-10-13-17-28)36(29-18-14-11-15-19-29)50-42(55)62-43(3,4)5)21-47(56)27(2)39-45(8)25-58-31(45)20-32(60-33(51)22-48)46(39,9)40(53)37(61-34(52)23-49)35(26)44(47,6)7/h10-19,27,30-32,36-39,56H,20-25H2,1-9H3,(H,50,55)/t27?,30-,31+,32-,36-,37+,38+,39?,45+,46+,47+/m0/s1. The van der Waals surface area contributed by atoms with Crippen molar-refractivity contribution in [1.29, 1.82) is 0 Å². The van der Waals surface area contributed by atoms with Crippen LogP contribution in [-0.2, 0) is 54.2 Å². The van der Waals surface area contributed by atoms with E-state index in [4.69, 9.17) is 51.6 Å². The predicted octanol–water partition coefficient (Wildman–Crippen LogP) is 7.18. The molecule has 2 bridgehead atoms. The molecule has 2 aromatic rings. The van der Waals surface area contributed by atoms with E-state index in [-0.39, 0.29) is 31.6 Å². The van der Waals surface area contributed by atoms with Crippen LogP contribution in [0.2, 0.25) is 0 Å². The molecular formula is C47H59Cl2NO12. The molecule has 2 saturated carbocycles. The molecule has 4 aliphatic rings. The second-order valence-corrected chi connectivity index (χ2v) is 19.6. The van der Waals surface area contributed by atoms with Gasteiger partial charge in [-0.2, -0.15) is 0 Å². The van der Waals surface area contributed by atoms with Gasteiger partial charge in [0.2, 0.25) is 0 Å². The van der Waals surface area contributed by atoms with Gasteiger partial charge < -0.3 is 38.8 Å². The van der Waals surface area contributed by atoms with Crippen molar-refractivity contribution in [2.75, 3.05) is 18.4 Å². The number of rotatable bonds is 12. The first-order valence-corrected chi connectivity index (χ1v) is 22.1. The third-order valence-corrected chi connectivity index (χ3v) is 14.3. The van der Waals surface area contributed by atoms with Crippen LogP contribution in [0.15, 0.2) is 71.8 Å². The fourth-order valence-electron chi connectivity index (χ4n) is 10.9. The normalized spacial score (nSPS) is 32.3. The molecule has 3 fully saturated rings. The molecule has 338 valence electrons. The number of Topliss-reactive ketones (excluding diaryl/α,β-unsaturated/α-hetero) is 1. The van der Waals surface area contributed by atoms with E-state index >= 15 is 4.79 Å². The summed E-state index contributed by atoms with van der Waals surface area (Å²) in [7, 11) is 0. The summed E-state index contributed by atoms with van der Waals surface area (Å²) >= 11 is 12.0. The summed E-state index contributed by atoms with van der Waals surface area (Å²) in [6, 6.07) is 16.9. The fourth-order valence-corrected chi connectivity index (χ4v) is 11.0. The molecule has 0 spiro atoms. The zero-order valence-corrected chi connectivity index (χ0v) is 38.3. The molecule has 2 N–H and O–H groups in total. The number of ether oxygens (including phenoxy) is 6. The van der Waals surface area contributed by atoms with Gasteiger partial charge in [-0.1, -0.05) is 88.4 Å². The van der Waals surface area contributed by atoms with Gasteiger partial charge in [0.05, 0.1) is 36.4 Å². The van der Waals surface area contributed by atoms with E-state index in [0.29, 0.717) is 11.1 Å². The highest BCUT2D eigenvalue weighted by molar-refractivity contribution is 6.26. The Morgan fingerprint density at radius 2 is 1.52 bits per heavy atom. The second kappa shape index (κ2) is 17.9. The number of fused-ring (bicyclic) bond motifs is 5. The highest BCUT2D eigenvalue weighted by Crippen LogP contribution is 2.67. The molecule has 2 unspecified atom stereocenters. The van der Waals surface area contributed by atoms with E-state index in [9.17, 15) is 24.3 Å². The van der Waals surface area contributed by atoms with Gasteiger partial charge in [-0.15, -0.1) is 23.2 Å². The summed E-state index contributed by atoms with van der Waals surface area (Å²) in [5, 5.41) is 16.4. The number of hydrogen-bond acceptors (Lipinski definition) is 12. The Bertz CT molecular complexity index is 2060. The number of nitrogens with one attached hydrogen (secondary N) is 1. The summed E-state index contributed by atoms with van der Waals surface area (Å²) in [5.74, 6) is -5.58.